The number of aromatic amines is 1. The van der Waals surface area contributed by atoms with Crippen molar-refractivity contribution in [2.75, 3.05) is 7.11 Å². The van der Waals surface area contributed by atoms with Gasteiger partial charge < -0.3 is 14.5 Å². The van der Waals surface area contributed by atoms with E-state index in [1.54, 1.807) is 0 Å². The summed E-state index contributed by atoms with van der Waals surface area (Å²) in [6.07, 6.45) is 6.86. The number of ketones is 2. The van der Waals surface area contributed by atoms with Crippen LogP contribution in [-0.2, 0) is 19.1 Å². The summed E-state index contributed by atoms with van der Waals surface area (Å²) < 4.78 is 9.42. The van der Waals surface area contributed by atoms with Gasteiger partial charge in [0.05, 0.1) is 13.3 Å². The molecule has 0 aromatic carbocycles. The van der Waals surface area contributed by atoms with Crippen LogP contribution in [0.15, 0.2) is 6.20 Å². The highest BCUT2D eigenvalue weighted by molar-refractivity contribution is 5.99. The Morgan fingerprint density at radius 3 is 2.67 bits per heavy atom. The molecule has 2 atom stereocenters. The quantitative estimate of drug-likeness (QED) is 0.378. The standard InChI is InChI=1S/C19H26N2O6/c1-12(22)27-16-11-20-19(21-16)18(25)14-9-13(15(23)10-14)7-5-3-4-6-8-17(24)26-2/h11,13-14H,3-10H2,1-2H3,(H,20,21)/t13-,14+/m1/s1. The van der Waals surface area contributed by atoms with E-state index in [1.807, 2.05) is 0 Å². The Morgan fingerprint density at radius 2 is 1.96 bits per heavy atom. The van der Waals surface area contributed by atoms with Crippen LogP contribution in [-0.4, -0.2) is 40.6 Å². The number of unbranched alkanes of at least 4 members (excludes halogenated alkanes) is 3. The number of carbonyl (C=O) groups is 4. The van der Waals surface area contributed by atoms with Crippen molar-refractivity contribution >= 4 is 23.5 Å². The third-order valence-corrected chi connectivity index (χ3v) is 4.79. The maximum Gasteiger partial charge on any atom is 0.309 e. The van der Waals surface area contributed by atoms with Crippen molar-refractivity contribution in [3.63, 3.8) is 0 Å². The largest absolute Gasteiger partial charge is 0.469 e. The number of esters is 2. The summed E-state index contributed by atoms with van der Waals surface area (Å²) in [4.78, 5) is 53.4. The molecule has 8 heteroatoms. The molecule has 0 saturated heterocycles. The van der Waals surface area contributed by atoms with Crippen molar-refractivity contribution < 1.29 is 28.7 Å². The molecule has 8 nitrogen and oxygen atoms in total. The number of imidazole rings is 1. The molecule has 2 rings (SSSR count). The second-order valence-electron chi connectivity index (χ2n) is 6.87. The van der Waals surface area contributed by atoms with Crippen LogP contribution in [0.4, 0.5) is 0 Å². The number of methoxy groups -OCH3 is 1. The second-order valence-corrected chi connectivity index (χ2v) is 6.87. The number of carbonyl (C=O) groups excluding carboxylic acids is 4. The van der Waals surface area contributed by atoms with Crippen LogP contribution >= 0.6 is 0 Å². The van der Waals surface area contributed by atoms with Gasteiger partial charge in [0.25, 0.3) is 0 Å². The van der Waals surface area contributed by atoms with Gasteiger partial charge in [-0.25, -0.2) is 0 Å². The molecule has 0 aliphatic heterocycles. The van der Waals surface area contributed by atoms with Gasteiger partial charge in [-0.2, -0.15) is 4.98 Å². The third-order valence-electron chi connectivity index (χ3n) is 4.79. The highest BCUT2D eigenvalue weighted by Crippen LogP contribution is 2.33. The molecule has 0 spiro atoms. The van der Waals surface area contributed by atoms with E-state index >= 15 is 0 Å². The van der Waals surface area contributed by atoms with Gasteiger partial charge >= 0.3 is 11.9 Å². The van der Waals surface area contributed by atoms with Gasteiger partial charge in [0.2, 0.25) is 11.7 Å². The summed E-state index contributed by atoms with van der Waals surface area (Å²) in [6, 6.07) is 0. The summed E-state index contributed by atoms with van der Waals surface area (Å²) in [5.41, 5.74) is 0. The minimum atomic E-state index is -0.511. The topological polar surface area (TPSA) is 115 Å². The van der Waals surface area contributed by atoms with Gasteiger partial charge in [0, 0.05) is 31.6 Å². The zero-order valence-electron chi connectivity index (χ0n) is 15.8. The number of nitrogens with one attached hydrogen (secondary N) is 1. The summed E-state index contributed by atoms with van der Waals surface area (Å²) >= 11 is 0. The normalized spacial score (nSPS) is 19.1. The van der Waals surface area contributed by atoms with Crippen LogP contribution in [0, 0.1) is 11.8 Å². The molecular formula is C19H26N2O6. The van der Waals surface area contributed by atoms with Gasteiger partial charge in [-0.15, -0.1) is 0 Å². The average molecular weight is 378 g/mol. The molecule has 1 aliphatic carbocycles. The van der Waals surface area contributed by atoms with E-state index in [2.05, 4.69) is 14.7 Å². The Hall–Kier alpha value is -2.51. The average Bonchev–Trinajstić information content (AvgIpc) is 3.23. The molecule has 27 heavy (non-hydrogen) atoms. The monoisotopic (exact) mass is 378 g/mol. The van der Waals surface area contributed by atoms with Crippen molar-refractivity contribution in [2.45, 2.75) is 58.3 Å². The highest BCUT2D eigenvalue weighted by atomic mass is 16.5. The number of nitrogens with zero attached hydrogens (tertiary/aromatic N) is 1. The summed E-state index contributed by atoms with van der Waals surface area (Å²) in [5, 5.41) is 0. The Kier molecular flexibility index (Phi) is 7.69. The molecular weight excluding hydrogens is 352 g/mol. The smallest absolute Gasteiger partial charge is 0.309 e. The lowest BCUT2D eigenvalue weighted by Gasteiger charge is -2.08. The Labute approximate surface area is 158 Å². The van der Waals surface area contributed by atoms with Crippen molar-refractivity contribution in [2.24, 2.45) is 11.8 Å². The van der Waals surface area contributed by atoms with E-state index in [1.165, 1.54) is 20.2 Å². The molecule has 1 aromatic heterocycles. The lowest BCUT2D eigenvalue weighted by molar-refractivity contribution is -0.140. The van der Waals surface area contributed by atoms with Crippen LogP contribution in [0.2, 0.25) is 0 Å². The van der Waals surface area contributed by atoms with E-state index in [9.17, 15) is 19.2 Å². The van der Waals surface area contributed by atoms with Gasteiger partial charge in [-0.05, 0) is 19.3 Å². The van der Waals surface area contributed by atoms with Crippen molar-refractivity contribution in [1.29, 1.82) is 0 Å². The molecule has 1 aliphatic rings. The SMILES string of the molecule is COC(=O)CCCCCC[C@@H]1C[C@H](C(=O)c2nc(OC(C)=O)c[nH]2)CC1=O. The Morgan fingerprint density at radius 1 is 1.22 bits per heavy atom. The molecule has 148 valence electrons. The maximum absolute atomic E-state index is 12.5. The first-order valence-corrected chi connectivity index (χ1v) is 9.28. The molecule has 0 bridgehead atoms. The Bertz CT molecular complexity index is 696. The molecule has 1 N–H and O–H groups in total. The minimum absolute atomic E-state index is 0.0543. The van der Waals surface area contributed by atoms with Gasteiger partial charge in [-0.1, -0.05) is 19.3 Å². The number of hydrogen-bond acceptors (Lipinski definition) is 7. The van der Waals surface area contributed by atoms with Gasteiger partial charge in [-0.3, -0.25) is 19.2 Å². The summed E-state index contributed by atoms with van der Waals surface area (Å²) in [6.45, 7) is 1.26. The Balaban J connectivity index is 1.74. The maximum atomic E-state index is 12.5. The second kappa shape index (κ2) is 9.99. The first kappa shape index (κ1) is 20.8. The zero-order chi connectivity index (χ0) is 19.8. The fourth-order valence-corrected chi connectivity index (χ4v) is 3.39. The number of ether oxygens (including phenoxy) is 2. The van der Waals surface area contributed by atoms with Crippen molar-refractivity contribution in [3.8, 4) is 5.88 Å². The van der Waals surface area contributed by atoms with E-state index in [-0.39, 0.29) is 47.5 Å². The van der Waals surface area contributed by atoms with Crippen LogP contribution in [0.3, 0.4) is 0 Å². The van der Waals surface area contributed by atoms with Gasteiger partial charge in [0.1, 0.15) is 5.78 Å². The van der Waals surface area contributed by atoms with Crippen LogP contribution < -0.4 is 4.74 Å². The van der Waals surface area contributed by atoms with Crippen molar-refractivity contribution in [3.05, 3.63) is 12.0 Å². The molecule has 0 amide bonds. The molecule has 1 saturated carbocycles. The predicted octanol–water partition coefficient (Wildman–Crippen LogP) is 2.63. The zero-order valence-corrected chi connectivity index (χ0v) is 15.8. The molecule has 1 heterocycles. The molecule has 1 aromatic rings. The first-order chi connectivity index (χ1) is 12.9. The molecule has 0 radical (unpaired) electrons. The third kappa shape index (κ3) is 6.30. The van der Waals surface area contributed by atoms with E-state index in [0.29, 0.717) is 12.8 Å². The lowest BCUT2D eigenvalue weighted by Crippen LogP contribution is -2.14. The van der Waals surface area contributed by atoms with Crippen LogP contribution in [0.1, 0.15) is 68.9 Å². The van der Waals surface area contributed by atoms with E-state index in [4.69, 9.17) is 4.74 Å². The number of aromatic nitrogens is 2. The van der Waals surface area contributed by atoms with E-state index in [0.717, 1.165) is 32.1 Å². The van der Waals surface area contributed by atoms with Crippen molar-refractivity contribution in [1.82, 2.24) is 9.97 Å². The van der Waals surface area contributed by atoms with Gasteiger partial charge in [0.15, 0.2) is 5.82 Å². The molecule has 0 unspecified atom stereocenters. The highest BCUT2D eigenvalue weighted by Gasteiger charge is 2.37. The molecule has 1 fully saturated rings. The van der Waals surface area contributed by atoms with Crippen LogP contribution in [0.5, 0.6) is 5.88 Å². The van der Waals surface area contributed by atoms with E-state index < -0.39 is 5.97 Å². The lowest BCUT2D eigenvalue weighted by atomic mass is 9.95. The number of H-pyrrole nitrogens is 1. The predicted molar refractivity (Wildman–Crippen MR) is 95.2 cm³/mol. The number of rotatable bonds is 10. The fraction of sp³-hybridized carbons (Fsp3) is 0.632. The van der Waals surface area contributed by atoms with Crippen LogP contribution in [0.25, 0.3) is 0 Å². The number of Topliss-reactive ketones (excluding diaryl/α,β-unsaturated/α-hetero) is 2. The summed E-state index contributed by atoms with van der Waals surface area (Å²) in [5.74, 6) is -1.11. The fourth-order valence-electron chi connectivity index (χ4n) is 3.39. The summed E-state index contributed by atoms with van der Waals surface area (Å²) in [7, 11) is 1.38. The number of hydrogen-bond donors (Lipinski definition) is 1. The minimum Gasteiger partial charge on any atom is -0.469 e. The first-order valence-electron chi connectivity index (χ1n) is 9.28.